The molecule has 1 aromatic heterocycles. The van der Waals surface area contributed by atoms with Gasteiger partial charge in [-0.3, -0.25) is 0 Å². The van der Waals surface area contributed by atoms with Gasteiger partial charge in [-0.05, 0) is 18.2 Å². The number of aromatic nitrogens is 2. The first-order valence-electron chi connectivity index (χ1n) is 9.44. The number of nitrogens with zero attached hydrogens (tertiary/aromatic N) is 3. The van der Waals surface area contributed by atoms with E-state index in [4.69, 9.17) is 21.1 Å². The Morgan fingerprint density at radius 3 is 2.31 bits per heavy atom. The fourth-order valence-corrected chi connectivity index (χ4v) is 3.48. The lowest BCUT2D eigenvalue weighted by atomic mass is 10.1. The van der Waals surface area contributed by atoms with Gasteiger partial charge in [0.25, 0.3) is 0 Å². The Hall–Kier alpha value is -3.12. The molecule has 2 aromatic carbocycles. The molecule has 7 heteroatoms. The summed E-state index contributed by atoms with van der Waals surface area (Å²) in [5.41, 5.74) is 1.78. The smallest absolute Gasteiger partial charge is 0.431 e. The molecule has 29 heavy (non-hydrogen) atoms. The number of hydrogen-bond donors (Lipinski definition) is 0. The van der Waals surface area contributed by atoms with Crippen molar-refractivity contribution >= 4 is 23.7 Å². The Kier molecular flexibility index (Phi) is 5.91. The third-order valence-electron chi connectivity index (χ3n) is 4.76. The Morgan fingerprint density at radius 2 is 1.62 bits per heavy atom. The predicted octanol–water partition coefficient (Wildman–Crippen LogP) is 4.98. The van der Waals surface area contributed by atoms with Crippen molar-refractivity contribution in [2.24, 2.45) is 0 Å². The van der Waals surface area contributed by atoms with Gasteiger partial charge in [-0.15, -0.1) is 0 Å². The molecule has 1 fully saturated rings. The fraction of sp³-hybridized carbons (Fsp3) is 0.227. The normalized spacial score (nSPS) is 14.4. The Balaban J connectivity index is 1.30. The van der Waals surface area contributed by atoms with Crippen LogP contribution in [0, 0.1) is 0 Å². The Morgan fingerprint density at radius 1 is 0.966 bits per heavy atom. The minimum absolute atomic E-state index is 0.176. The first kappa shape index (κ1) is 19.2. The molecular weight excluding hydrogens is 390 g/mol. The molecule has 1 saturated heterocycles. The lowest BCUT2D eigenvalue weighted by Crippen LogP contribution is -2.39. The van der Waals surface area contributed by atoms with Gasteiger partial charge in [-0.25, -0.2) is 14.8 Å². The number of anilines is 1. The van der Waals surface area contributed by atoms with Crippen molar-refractivity contribution < 1.29 is 14.3 Å². The summed E-state index contributed by atoms with van der Waals surface area (Å²) >= 11 is 6.24. The molecule has 0 N–H and O–H groups in total. The second-order valence-corrected chi connectivity index (χ2v) is 7.13. The summed E-state index contributed by atoms with van der Waals surface area (Å²) in [4.78, 5) is 23.0. The molecule has 0 amide bonds. The first-order valence-corrected chi connectivity index (χ1v) is 9.82. The molecule has 0 aliphatic carbocycles. The summed E-state index contributed by atoms with van der Waals surface area (Å²) in [6.45, 7) is 1.41. The topological polar surface area (TPSA) is 64.6 Å². The number of piperidine rings is 1. The standard InChI is InChI=1S/C22H20ClN3O3/c23-20-9-5-4-8-19(20)16-14-24-21(25-15-16)26-12-10-18(11-13-26)29-22(27)28-17-6-2-1-3-7-17/h1-9,14-15,18H,10-13H2. The van der Waals surface area contributed by atoms with Crippen molar-refractivity contribution in [1.82, 2.24) is 9.97 Å². The van der Waals surface area contributed by atoms with Gasteiger partial charge in [-0.1, -0.05) is 48.0 Å². The molecule has 0 atom stereocenters. The maximum atomic E-state index is 11.9. The van der Waals surface area contributed by atoms with Gasteiger partial charge in [0, 0.05) is 54.5 Å². The highest BCUT2D eigenvalue weighted by molar-refractivity contribution is 6.33. The first-order chi connectivity index (χ1) is 14.2. The summed E-state index contributed by atoms with van der Waals surface area (Å²) in [6, 6.07) is 16.5. The number of rotatable bonds is 4. The summed E-state index contributed by atoms with van der Waals surface area (Å²) in [6.07, 6.45) is 4.10. The predicted molar refractivity (Wildman–Crippen MR) is 111 cm³/mol. The summed E-state index contributed by atoms with van der Waals surface area (Å²) in [5.74, 6) is 1.13. The van der Waals surface area contributed by atoms with E-state index in [2.05, 4.69) is 14.9 Å². The van der Waals surface area contributed by atoms with E-state index < -0.39 is 6.16 Å². The van der Waals surface area contributed by atoms with Gasteiger partial charge >= 0.3 is 6.16 Å². The van der Waals surface area contributed by atoms with Crippen LogP contribution in [0.3, 0.4) is 0 Å². The number of ether oxygens (including phenoxy) is 2. The van der Waals surface area contributed by atoms with Crippen LogP contribution < -0.4 is 9.64 Å². The Labute approximate surface area is 174 Å². The lowest BCUT2D eigenvalue weighted by molar-refractivity contribution is 0.0475. The molecule has 0 spiro atoms. The van der Waals surface area contributed by atoms with Crippen LogP contribution in [0.5, 0.6) is 5.75 Å². The van der Waals surface area contributed by atoms with Crippen molar-refractivity contribution in [3.05, 3.63) is 72.0 Å². The second kappa shape index (κ2) is 8.92. The number of carbonyl (C=O) groups is 1. The average Bonchev–Trinajstić information content (AvgIpc) is 2.75. The lowest BCUT2D eigenvalue weighted by Gasteiger charge is -2.31. The average molecular weight is 410 g/mol. The molecule has 1 aliphatic rings. The van der Waals surface area contributed by atoms with Gasteiger partial charge in [0.05, 0.1) is 0 Å². The number of carbonyl (C=O) groups excluding carboxylic acids is 1. The van der Waals surface area contributed by atoms with Crippen LogP contribution in [0.25, 0.3) is 11.1 Å². The van der Waals surface area contributed by atoms with Gasteiger partial charge in [0.15, 0.2) is 0 Å². The molecule has 0 saturated carbocycles. The van der Waals surface area contributed by atoms with Crippen LogP contribution >= 0.6 is 11.6 Å². The fourth-order valence-electron chi connectivity index (χ4n) is 3.24. The van der Waals surface area contributed by atoms with Crippen LogP contribution in [0.2, 0.25) is 5.02 Å². The maximum Gasteiger partial charge on any atom is 0.514 e. The molecule has 0 unspecified atom stereocenters. The third kappa shape index (κ3) is 4.84. The number of halogens is 1. The quantitative estimate of drug-likeness (QED) is 0.447. The van der Waals surface area contributed by atoms with Gasteiger partial charge < -0.3 is 14.4 Å². The van der Waals surface area contributed by atoms with Crippen molar-refractivity contribution in [2.45, 2.75) is 18.9 Å². The van der Waals surface area contributed by atoms with E-state index in [1.165, 1.54) is 0 Å². The third-order valence-corrected chi connectivity index (χ3v) is 5.08. The van der Waals surface area contributed by atoms with E-state index in [9.17, 15) is 4.79 Å². The van der Waals surface area contributed by atoms with Crippen molar-refractivity contribution in [1.29, 1.82) is 0 Å². The number of para-hydroxylation sites is 1. The van der Waals surface area contributed by atoms with Crippen LogP contribution in [0.1, 0.15) is 12.8 Å². The zero-order valence-electron chi connectivity index (χ0n) is 15.7. The van der Waals surface area contributed by atoms with Gasteiger partial charge in [0.2, 0.25) is 5.95 Å². The maximum absolute atomic E-state index is 11.9. The highest BCUT2D eigenvalue weighted by Gasteiger charge is 2.24. The Bertz CT molecular complexity index is 959. The largest absolute Gasteiger partial charge is 0.514 e. The monoisotopic (exact) mass is 409 g/mol. The minimum atomic E-state index is -0.671. The van der Waals surface area contributed by atoms with E-state index in [0.29, 0.717) is 42.7 Å². The second-order valence-electron chi connectivity index (χ2n) is 6.72. The zero-order valence-corrected chi connectivity index (χ0v) is 16.5. The highest BCUT2D eigenvalue weighted by Crippen LogP contribution is 2.27. The highest BCUT2D eigenvalue weighted by atomic mass is 35.5. The van der Waals surface area contributed by atoms with Gasteiger partial charge in [0.1, 0.15) is 11.9 Å². The summed E-state index contributed by atoms with van der Waals surface area (Å²) in [5, 5.41) is 0.671. The molecule has 2 heterocycles. The van der Waals surface area contributed by atoms with E-state index >= 15 is 0 Å². The van der Waals surface area contributed by atoms with Crippen LogP contribution in [-0.2, 0) is 4.74 Å². The molecule has 148 valence electrons. The summed E-state index contributed by atoms with van der Waals surface area (Å²) < 4.78 is 10.6. The van der Waals surface area contributed by atoms with E-state index in [-0.39, 0.29) is 6.10 Å². The van der Waals surface area contributed by atoms with Crippen LogP contribution in [-0.4, -0.2) is 35.3 Å². The van der Waals surface area contributed by atoms with E-state index in [1.807, 2.05) is 30.3 Å². The van der Waals surface area contributed by atoms with Crippen molar-refractivity contribution in [2.75, 3.05) is 18.0 Å². The number of hydrogen-bond acceptors (Lipinski definition) is 6. The van der Waals surface area contributed by atoms with E-state index in [0.717, 1.165) is 11.1 Å². The van der Waals surface area contributed by atoms with Crippen molar-refractivity contribution in [3.63, 3.8) is 0 Å². The van der Waals surface area contributed by atoms with E-state index in [1.54, 1.807) is 36.7 Å². The zero-order chi connectivity index (χ0) is 20.1. The minimum Gasteiger partial charge on any atom is -0.431 e. The molecule has 0 radical (unpaired) electrons. The SMILES string of the molecule is O=C(Oc1ccccc1)OC1CCN(c2ncc(-c3ccccc3Cl)cn2)CC1. The molecule has 3 aromatic rings. The molecule has 4 rings (SSSR count). The molecule has 0 bridgehead atoms. The molecule has 6 nitrogen and oxygen atoms in total. The van der Waals surface area contributed by atoms with Crippen molar-refractivity contribution in [3.8, 4) is 16.9 Å². The van der Waals surface area contributed by atoms with Crippen LogP contribution in [0.15, 0.2) is 67.0 Å². The summed E-state index contributed by atoms with van der Waals surface area (Å²) in [7, 11) is 0. The number of benzene rings is 2. The van der Waals surface area contributed by atoms with Crippen LogP contribution in [0.4, 0.5) is 10.7 Å². The van der Waals surface area contributed by atoms with Gasteiger partial charge in [-0.2, -0.15) is 0 Å². The molecular formula is C22H20ClN3O3. The molecule has 1 aliphatic heterocycles.